The first kappa shape index (κ1) is 13.4. The van der Waals surface area contributed by atoms with Gasteiger partial charge in [-0.15, -0.1) is 0 Å². The number of ether oxygens (including phenoxy) is 1. The van der Waals surface area contributed by atoms with E-state index in [-0.39, 0.29) is 6.10 Å². The van der Waals surface area contributed by atoms with Crippen LogP contribution < -0.4 is 10.5 Å². The zero-order valence-electron chi connectivity index (χ0n) is 11.7. The number of hydrogen-bond acceptors (Lipinski definition) is 2. The Morgan fingerprint density at radius 2 is 1.83 bits per heavy atom. The van der Waals surface area contributed by atoms with Crippen molar-refractivity contribution in [1.82, 2.24) is 0 Å². The fourth-order valence-electron chi connectivity index (χ4n) is 2.85. The molecule has 1 saturated carbocycles. The maximum absolute atomic E-state index is 6.26. The average Bonchev–Trinajstić information content (AvgIpc) is 2.33. The van der Waals surface area contributed by atoms with Gasteiger partial charge in [0.05, 0.1) is 6.10 Å². The van der Waals surface area contributed by atoms with Gasteiger partial charge in [0.2, 0.25) is 0 Å². The van der Waals surface area contributed by atoms with E-state index in [4.69, 9.17) is 10.5 Å². The van der Waals surface area contributed by atoms with Gasteiger partial charge in [0.15, 0.2) is 0 Å². The summed E-state index contributed by atoms with van der Waals surface area (Å²) < 4.78 is 5.67. The zero-order valence-corrected chi connectivity index (χ0v) is 11.7. The summed E-state index contributed by atoms with van der Waals surface area (Å²) in [6.07, 6.45) is 3.86. The van der Waals surface area contributed by atoms with Crippen molar-refractivity contribution in [2.45, 2.75) is 58.1 Å². The van der Waals surface area contributed by atoms with E-state index in [1.807, 2.05) is 13.8 Å². The third-order valence-electron chi connectivity index (χ3n) is 3.85. The number of benzene rings is 1. The Morgan fingerprint density at radius 1 is 1.17 bits per heavy atom. The summed E-state index contributed by atoms with van der Waals surface area (Å²) in [5, 5.41) is 0. The molecule has 0 saturated heterocycles. The molecule has 0 aliphatic heterocycles. The second kappa shape index (κ2) is 5.75. The second-order valence-electron chi connectivity index (χ2n) is 5.92. The highest BCUT2D eigenvalue weighted by Crippen LogP contribution is 2.35. The molecule has 2 N–H and O–H groups in total. The summed E-state index contributed by atoms with van der Waals surface area (Å²) in [6, 6.07) is 8.82. The summed E-state index contributed by atoms with van der Waals surface area (Å²) in [6.45, 7) is 6.43. The fourth-order valence-corrected chi connectivity index (χ4v) is 2.85. The summed E-state index contributed by atoms with van der Waals surface area (Å²) in [5.74, 6) is 2.26. The highest BCUT2D eigenvalue weighted by molar-refractivity contribution is 5.30. The van der Waals surface area contributed by atoms with Gasteiger partial charge in [0, 0.05) is 6.04 Å². The molecule has 0 amide bonds. The number of nitrogens with two attached hydrogens (primary N) is 1. The van der Waals surface area contributed by atoms with E-state index < -0.39 is 0 Å². The molecule has 0 spiro atoms. The van der Waals surface area contributed by atoms with Gasteiger partial charge in [-0.2, -0.15) is 0 Å². The van der Waals surface area contributed by atoms with Crippen LogP contribution in [0.1, 0.15) is 51.5 Å². The minimum absolute atomic E-state index is 0.229. The molecule has 2 rings (SSSR count). The van der Waals surface area contributed by atoms with Crippen molar-refractivity contribution in [1.29, 1.82) is 0 Å². The van der Waals surface area contributed by atoms with Crippen LogP contribution in [0, 0.1) is 5.92 Å². The van der Waals surface area contributed by atoms with Crippen LogP contribution in [0.15, 0.2) is 24.3 Å². The second-order valence-corrected chi connectivity index (χ2v) is 5.92. The molecule has 100 valence electrons. The highest BCUT2D eigenvalue weighted by atomic mass is 16.5. The van der Waals surface area contributed by atoms with Crippen molar-refractivity contribution in [2.24, 2.45) is 11.7 Å². The van der Waals surface area contributed by atoms with Crippen molar-refractivity contribution in [3.05, 3.63) is 29.8 Å². The van der Waals surface area contributed by atoms with E-state index in [1.165, 1.54) is 18.4 Å². The Morgan fingerprint density at radius 3 is 2.44 bits per heavy atom. The van der Waals surface area contributed by atoms with Gasteiger partial charge in [0.1, 0.15) is 5.75 Å². The monoisotopic (exact) mass is 247 g/mol. The molecular formula is C16H25NO. The largest absolute Gasteiger partial charge is 0.491 e. The maximum Gasteiger partial charge on any atom is 0.119 e. The third-order valence-corrected chi connectivity index (χ3v) is 3.85. The molecular weight excluding hydrogens is 222 g/mol. The van der Waals surface area contributed by atoms with Crippen molar-refractivity contribution in [3.8, 4) is 5.75 Å². The normalized spacial score (nSPS) is 28.4. The van der Waals surface area contributed by atoms with Crippen molar-refractivity contribution >= 4 is 0 Å². The lowest BCUT2D eigenvalue weighted by Gasteiger charge is -2.33. The predicted molar refractivity (Wildman–Crippen MR) is 75.9 cm³/mol. The summed E-state index contributed by atoms with van der Waals surface area (Å²) in [4.78, 5) is 0. The summed E-state index contributed by atoms with van der Waals surface area (Å²) >= 11 is 0. The molecule has 1 fully saturated rings. The van der Waals surface area contributed by atoms with Crippen LogP contribution >= 0.6 is 0 Å². The SMILES string of the molecule is CC1CCC(N)C(c2ccc(OC(C)C)cc2)C1. The maximum atomic E-state index is 6.26. The van der Waals surface area contributed by atoms with E-state index in [0.717, 1.165) is 18.1 Å². The van der Waals surface area contributed by atoms with Crippen molar-refractivity contribution < 1.29 is 4.74 Å². The standard InChI is InChI=1S/C16H25NO/c1-11(2)18-14-7-5-13(6-8-14)15-10-12(3)4-9-16(15)17/h5-8,11-12,15-16H,4,9-10,17H2,1-3H3. The molecule has 1 aromatic carbocycles. The van der Waals surface area contributed by atoms with Crippen LogP contribution in [0.3, 0.4) is 0 Å². The highest BCUT2D eigenvalue weighted by Gasteiger charge is 2.27. The Bertz CT molecular complexity index is 371. The molecule has 3 atom stereocenters. The Kier molecular flexibility index (Phi) is 4.28. The molecule has 1 aliphatic carbocycles. The van der Waals surface area contributed by atoms with Crippen molar-refractivity contribution in [2.75, 3.05) is 0 Å². The van der Waals surface area contributed by atoms with E-state index in [9.17, 15) is 0 Å². The lowest BCUT2D eigenvalue weighted by Crippen LogP contribution is -2.33. The molecule has 2 heteroatoms. The van der Waals surface area contributed by atoms with Gasteiger partial charge in [-0.3, -0.25) is 0 Å². The molecule has 3 unspecified atom stereocenters. The Labute approximate surface area is 111 Å². The van der Waals surface area contributed by atoms with Gasteiger partial charge < -0.3 is 10.5 Å². The summed E-state index contributed by atoms with van der Waals surface area (Å²) in [7, 11) is 0. The van der Waals surface area contributed by atoms with Crippen LogP contribution in [0.25, 0.3) is 0 Å². The molecule has 0 aromatic heterocycles. The number of rotatable bonds is 3. The van der Waals surface area contributed by atoms with Gasteiger partial charge in [0.25, 0.3) is 0 Å². The van der Waals surface area contributed by atoms with Gasteiger partial charge in [-0.1, -0.05) is 19.1 Å². The first-order chi connectivity index (χ1) is 8.56. The predicted octanol–water partition coefficient (Wildman–Crippen LogP) is 3.70. The van der Waals surface area contributed by atoms with Crippen LogP contribution in [-0.4, -0.2) is 12.1 Å². The van der Waals surface area contributed by atoms with Crippen LogP contribution in [-0.2, 0) is 0 Å². The van der Waals surface area contributed by atoms with Crippen LogP contribution in [0.5, 0.6) is 5.75 Å². The minimum atomic E-state index is 0.229. The quantitative estimate of drug-likeness (QED) is 0.883. The van der Waals surface area contributed by atoms with Crippen molar-refractivity contribution in [3.63, 3.8) is 0 Å². The smallest absolute Gasteiger partial charge is 0.119 e. The topological polar surface area (TPSA) is 35.2 Å². The number of hydrogen-bond donors (Lipinski definition) is 1. The van der Waals surface area contributed by atoms with Crippen LogP contribution in [0.4, 0.5) is 0 Å². The lowest BCUT2D eigenvalue weighted by atomic mass is 9.76. The van der Waals surface area contributed by atoms with Gasteiger partial charge >= 0.3 is 0 Å². The van der Waals surface area contributed by atoms with E-state index in [1.54, 1.807) is 0 Å². The molecule has 1 aromatic rings. The zero-order chi connectivity index (χ0) is 13.1. The van der Waals surface area contributed by atoms with Gasteiger partial charge in [-0.25, -0.2) is 0 Å². The first-order valence-corrected chi connectivity index (χ1v) is 7.08. The Hall–Kier alpha value is -1.02. The van der Waals surface area contributed by atoms with Crippen LogP contribution in [0.2, 0.25) is 0 Å². The molecule has 18 heavy (non-hydrogen) atoms. The van der Waals surface area contributed by atoms with Gasteiger partial charge in [-0.05, 0) is 62.6 Å². The van der Waals surface area contributed by atoms with E-state index in [0.29, 0.717) is 12.0 Å². The lowest BCUT2D eigenvalue weighted by molar-refractivity contribution is 0.242. The minimum Gasteiger partial charge on any atom is -0.491 e. The first-order valence-electron chi connectivity index (χ1n) is 7.08. The Balaban J connectivity index is 2.08. The summed E-state index contributed by atoms with van der Waals surface area (Å²) in [5.41, 5.74) is 7.63. The van der Waals surface area contributed by atoms with E-state index >= 15 is 0 Å². The molecule has 2 nitrogen and oxygen atoms in total. The molecule has 0 heterocycles. The molecule has 1 aliphatic rings. The average molecular weight is 247 g/mol. The third kappa shape index (κ3) is 3.26. The fraction of sp³-hybridized carbons (Fsp3) is 0.625. The molecule has 0 radical (unpaired) electrons. The van der Waals surface area contributed by atoms with E-state index in [2.05, 4.69) is 31.2 Å². The molecule has 0 bridgehead atoms.